The molecule has 0 aromatic heterocycles. The average molecular weight is 263 g/mol. The minimum atomic E-state index is -0.0898. The molecule has 3 rings (SSSR count). The van der Waals surface area contributed by atoms with E-state index in [2.05, 4.69) is 5.16 Å². The molecule has 1 aromatic rings. The van der Waals surface area contributed by atoms with E-state index in [1.54, 1.807) is 7.11 Å². The fourth-order valence-corrected chi connectivity index (χ4v) is 2.67. The van der Waals surface area contributed by atoms with Crippen molar-refractivity contribution in [3.8, 4) is 11.5 Å². The van der Waals surface area contributed by atoms with E-state index in [9.17, 15) is 5.21 Å². The van der Waals surface area contributed by atoms with Gasteiger partial charge in [-0.2, -0.15) is 0 Å². The number of benzene rings is 1. The molecule has 0 saturated carbocycles. The van der Waals surface area contributed by atoms with Gasteiger partial charge >= 0.3 is 0 Å². The number of fused-ring (bicyclic) bond motifs is 1. The van der Waals surface area contributed by atoms with Crippen LogP contribution in [0.15, 0.2) is 23.4 Å². The van der Waals surface area contributed by atoms with Crippen molar-refractivity contribution in [1.29, 1.82) is 0 Å². The number of hydrogen-bond acceptors (Lipinski definition) is 5. The Morgan fingerprint density at radius 1 is 1.37 bits per heavy atom. The first kappa shape index (κ1) is 12.3. The quantitative estimate of drug-likeness (QED) is 0.656. The Morgan fingerprint density at radius 2 is 2.26 bits per heavy atom. The van der Waals surface area contributed by atoms with Crippen molar-refractivity contribution in [2.24, 2.45) is 5.16 Å². The second-order valence-electron chi connectivity index (χ2n) is 4.82. The van der Waals surface area contributed by atoms with Crippen LogP contribution >= 0.6 is 0 Å². The molecule has 0 unspecified atom stereocenters. The summed E-state index contributed by atoms with van der Waals surface area (Å²) in [6.07, 6.45) is 2.61. The lowest BCUT2D eigenvalue weighted by Gasteiger charge is -2.30. The van der Waals surface area contributed by atoms with E-state index in [0.29, 0.717) is 17.9 Å². The average Bonchev–Trinajstić information content (AvgIpc) is 2.99. The SMILES string of the molecule is COc1ccc2c(c1)O[C@H]([C@@H]1CCCO1)C/C2=N/O. The molecule has 2 aliphatic rings. The maximum atomic E-state index is 9.19. The van der Waals surface area contributed by atoms with Gasteiger partial charge in [-0.25, -0.2) is 0 Å². The van der Waals surface area contributed by atoms with Gasteiger partial charge in [-0.3, -0.25) is 0 Å². The molecule has 1 saturated heterocycles. The summed E-state index contributed by atoms with van der Waals surface area (Å²) in [6.45, 7) is 0.779. The molecule has 1 N–H and O–H groups in total. The number of methoxy groups -OCH3 is 1. The highest BCUT2D eigenvalue weighted by molar-refractivity contribution is 6.03. The van der Waals surface area contributed by atoms with Gasteiger partial charge in [0.25, 0.3) is 0 Å². The van der Waals surface area contributed by atoms with Crippen LogP contribution in [-0.4, -0.2) is 36.8 Å². The maximum Gasteiger partial charge on any atom is 0.132 e. The standard InChI is InChI=1S/C14H17NO4/c1-17-9-4-5-10-11(15-16)8-14(19-13(10)7-9)12-3-2-6-18-12/h4-5,7,12,14,16H,2-3,6,8H2,1H3/b15-11-/t12-,14-/m0/s1. The van der Waals surface area contributed by atoms with E-state index >= 15 is 0 Å². The molecule has 0 spiro atoms. The van der Waals surface area contributed by atoms with Crippen molar-refractivity contribution in [2.75, 3.05) is 13.7 Å². The molecule has 102 valence electrons. The zero-order chi connectivity index (χ0) is 13.2. The predicted molar refractivity (Wildman–Crippen MR) is 69.3 cm³/mol. The number of nitrogens with zero attached hydrogens (tertiary/aromatic N) is 1. The normalized spacial score (nSPS) is 27.9. The molecule has 2 aliphatic heterocycles. The Bertz CT molecular complexity index is 494. The van der Waals surface area contributed by atoms with Gasteiger partial charge in [0.15, 0.2) is 0 Å². The van der Waals surface area contributed by atoms with Crippen molar-refractivity contribution in [1.82, 2.24) is 0 Å². The van der Waals surface area contributed by atoms with Crippen molar-refractivity contribution in [3.05, 3.63) is 23.8 Å². The van der Waals surface area contributed by atoms with Gasteiger partial charge in [-0.05, 0) is 25.0 Å². The molecule has 2 heterocycles. The lowest BCUT2D eigenvalue weighted by atomic mass is 9.96. The molecular formula is C14H17NO4. The second kappa shape index (κ2) is 5.09. The molecular weight excluding hydrogens is 246 g/mol. The Morgan fingerprint density at radius 3 is 2.95 bits per heavy atom. The summed E-state index contributed by atoms with van der Waals surface area (Å²) in [7, 11) is 1.61. The fourth-order valence-electron chi connectivity index (χ4n) is 2.67. The Labute approximate surface area is 111 Å². The largest absolute Gasteiger partial charge is 0.497 e. The van der Waals surface area contributed by atoms with Crippen molar-refractivity contribution in [2.45, 2.75) is 31.5 Å². The van der Waals surface area contributed by atoms with Crippen molar-refractivity contribution < 1.29 is 19.4 Å². The summed E-state index contributed by atoms with van der Waals surface area (Å²) in [4.78, 5) is 0. The number of hydrogen-bond donors (Lipinski definition) is 1. The summed E-state index contributed by atoms with van der Waals surface area (Å²) in [6, 6.07) is 5.51. The van der Waals surface area contributed by atoms with Crippen LogP contribution in [0.3, 0.4) is 0 Å². The molecule has 0 aliphatic carbocycles. The van der Waals surface area contributed by atoms with E-state index in [1.807, 2.05) is 18.2 Å². The van der Waals surface area contributed by atoms with Crippen LogP contribution in [0.1, 0.15) is 24.8 Å². The van der Waals surface area contributed by atoms with E-state index < -0.39 is 0 Å². The summed E-state index contributed by atoms with van der Waals surface area (Å²) in [5, 5.41) is 12.6. The van der Waals surface area contributed by atoms with E-state index in [4.69, 9.17) is 14.2 Å². The lowest BCUT2D eigenvalue weighted by Crippen LogP contribution is -2.37. The Kier molecular flexibility index (Phi) is 3.29. The smallest absolute Gasteiger partial charge is 0.132 e. The minimum absolute atomic E-state index is 0.0797. The van der Waals surface area contributed by atoms with Crippen LogP contribution in [0.5, 0.6) is 11.5 Å². The highest BCUT2D eigenvalue weighted by atomic mass is 16.5. The third kappa shape index (κ3) is 2.26. The van der Waals surface area contributed by atoms with Crippen LogP contribution < -0.4 is 9.47 Å². The van der Waals surface area contributed by atoms with Crippen molar-refractivity contribution in [3.63, 3.8) is 0 Å². The molecule has 0 amide bonds. The highest BCUT2D eigenvalue weighted by Crippen LogP contribution is 2.34. The summed E-state index contributed by atoms with van der Waals surface area (Å²) >= 11 is 0. The zero-order valence-corrected chi connectivity index (χ0v) is 10.8. The van der Waals surface area contributed by atoms with Gasteiger partial charge in [-0.15, -0.1) is 0 Å². The van der Waals surface area contributed by atoms with Gasteiger partial charge in [0, 0.05) is 24.7 Å². The van der Waals surface area contributed by atoms with Crippen LogP contribution in [0.25, 0.3) is 0 Å². The zero-order valence-electron chi connectivity index (χ0n) is 10.8. The number of oxime groups is 1. The molecule has 0 radical (unpaired) electrons. The first-order valence-corrected chi connectivity index (χ1v) is 6.49. The van der Waals surface area contributed by atoms with Crippen LogP contribution in [0.4, 0.5) is 0 Å². The first-order chi connectivity index (χ1) is 9.31. The Balaban J connectivity index is 1.92. The molecule has 5 heteroatoms. The maximum absolute atomic E-state index is 9.19. The van der Waals surface area contributed by atoms with Crippen LogP contribution in [0, 0.1) is 0 Å². The van der Waals surface area contributed by atoms with E-state index in [-0.39, 0.29) is 12.2 Å². The number of rotatable bonds is 2. The van der Waals surface area contributed by atoms with Gasteiger partial charge < -0.3 is 19.4 Å². The molecule has 1 fully saturated rings. The molecule has 0 bridgehead atoms. The Hall–Kier alpha value is -1.75. The molecule has 2 atom stereocenters. The van der Waals surface area contributed by atoms with Gasteiger partial charge in [0.05, 0.1) is 18.9 Å². The first-order valence-electron chi connectivity index (χ1n) is 6.49. The highest BCUT2D eigenvalue weighted by Gasteiger charge is 2.34. The van der Waals surface area contributed by atoms with Crippen LogP contribution in [-0.2, 0) is 4.74 Å². The van der Waals surface area contributed by atoms with Gasteiger partial charge in [0.2, 0.25) is 0 Å². The summed E-state index contributed by atoms with van der Waals surface area (Å²) < 4.78 is 16.9. The molecule has 19 heavy (non-hydrogen) atoms. The number of ether oxygens (including phenoxy) is 3. The van der Waals surface area contributed by atoms with Crippen LogP contribution in [0.2, 0.25) is 0 Å². The summed E-state index contributed by atoms with van der Waals surface area (Å²) in [5.74, 6) is 1.42. The second-order valence-corrected chi connectivity index (χ2v) is 4.82. The minimum Gasteiger partial charge on any atom is -0.497 e. The molecule has 1 aromatic carbocycles. The fraction of sp³-hybridized carbons (Fsp3) is 0.500. The van der Waals surface area contributed by atoms with E-state index in [1.165, 1.54) is 0 Å². The van der Waals surface area contributed by atoms with Gasteiger partial charge in [-0.1, -0.05) is 5.16 Å². The van der Waals surface area contributed by atoms with Crippen molar-refractivity contribution >= 4 is 5.71 Å². The topological polar surface area (TPSA) is 60.3 Å². The lowest BCUT2D eigenvalue weighted by molar-refractivity contribution is 0.0131. The third-order valence-corrected chi connectivity index (χ3v) is 3.67. The monoisotopic (exact) mass is 263 g/mol. The predicted octanol–water partition coefficient (Wildman–Crippen LogP) is 2.20. The summed E-state index contributed by atoms with van der Waals surface area (Å²) in [5.41, 5.74) is 1.46. The molecule has 5 nitrogen and oxygen atoms in total. The third-order valence-electron chi connectivity index (χ3n) is 3.67. The van der Waals surface area contributed by atoms with E-state index in [0.717, 1.165) is 30.8 Å². The van der Waals surface area contributed by atoms with Gasteiger partial charge in [0.1, 0.15) is 17.6 Å².